The van der Waals surface area contributed by atoms with Gasteiger partial charge in [0.15, 0.2) is 0 Å². The number of hydrogen-bond donors (Lipinski definition) is 0. The second kappa shape index (κ2) is 7.44. The van der Waals surface area contributed by atoms with Crippen molar-refractivity contribution in [1.82, 2.24) is 34.2 Å². The summed E-state index contributed by atoms with van der Waals surface area (Å²) in [5.74, 6) is 0. The summed E-state index contributed by atoms with van der Waals surface area (Å²) in [5, 5.41) is 13.6. The van der Waals surface area contributed by atoms with Gasteiger partial charge in [-0.1, -0.05) is 13.8 Å². The molecule has 0 amide bonds. The molecule has 1 atom stereocenters. The Kier molecular flexibility index (Phi) is 4.63. The molecule has 0 bridgehead atoms. The summed E-state index contributed by atoms with van der Waals surface area (Å²) in [5.41, 5.74) is 4.67. The highest BCUT2D eigenvalue weighted by molar-refractivity contribution is 5.78. The lowest BCUT2D eigenvalue weighted by Crippen LogP contribution is -2.08. The Morgan fingerprint density at radius 2 is 1.93 bits per heavy atom. The first kappa shape index (κ1) is 18.1. The molecule has 1 saturated heterocycles. The Labute approximate surface area is 169 Å². The van der Waals surface area contributed by atoms with Gasteiger partial charge in [0, 0.05) is 30.1 Å². The minimum Gasteiger partial charge on any atom is -0.379 e. The lowest BCUT2D eigenvalue weighted by Gasteiger charge is -2.12. The van der Waals surface area contributed by atoms with Crippen LogP contribution < -0.4 is 0 Å². The molecule has 0 saturated carbocycles. The van der Waals surface area contributed by atoms with Crippen LogP contribution in [-0.4, -0.2) is 47.4 Å². The van der Waals surface area contributed by atoms with Gasteiger partial charge in [0.1, 0.15) is 0 Å². The third-order valence-electron chi connectivity index (χ3n) is 5.76. The Morgan fingerprint density at radius 1 is 1.07 bits per heavy atom. The zero-order chi connectivity index (χ0) is 19.8. The third-order valence-corrected chi connectivity index (χ3v) is 5.76. The van der Waals surface area contributed by atoms with Gasteiger partial charge in [-0.3, -0.25) is 9.36 Å². The third kappa shape index (κ3) is 3.23. The number of nitrogens with zero attached hydrogens (tertiary/aromatic N) is 7. The van der Waals surface area contributed by atoms with E-state index in [4.69, 9.17) is 9.72 Å². The molecule has 1 aliphatic heterocycles. The van der Waals surface area contributed by atoms with Gasteiger partial charge in [-0.25, -0.2) is 9.50 Å². The molecule has 5 heterocycles. The minimum absolute atomic E-state index is 0.301. The minimum atomic E-state index is 0.301. The first-order valence-electron chi connectivity index (χ1n) is 10.3. The van der Waals surface area contributed by atoms with Gasteiger partial charge in [-0.2, -0.15) is 15.3 Å². The predicted octanol–water partition coefficient (Wildman–Crippen LogP) is 3.78. The number of aromatic nitrogens is 7. The molecule has 1 fully saturated rings. The van der Waals surface area contributed by atoms with Crippen LogP contribution in [0.15, 0.2) is 43.2 Å². The van der Waals surface area contributed by atoms with E-state index in [2.05, 4.69) is 46.2 Å². The molecule has 4 aromatic rings. The zero-order valence-electron chi connectivity index (χ0n) is 16.8. The first-order chi connectivity index (χ1) is 14.3. The van der Waals surface area contributed by atoms with E-state index in [0.29, 0.717) is 18.7 Å². The molecule has 150 valence electrons. The standard InChI is InChI=1S/C21H25N7O/c1-3-17(4-2)26-12-16(10-24-26)21-20-5-7-22-28(20)13-19(25-21)15-9-23-27(11-15)18-6-8-29-14-18/h5,7,9-13,17-18H,3-4,6,8,14H2,1-2H3/t18-/m1/s1. The van der Waals surface area contributed by atoms with E-state index in [-0.39, 0.29) is 0 Å². The highest BCUT2D eigenvalue weighted by Crippen LogP contribution is 2.28. The predicted molar refractivity (Wildman–Crippen MR) is 110 cm³/mol. The summed E-state index contributed by atoms with van der Waals surface area (Å²) >= 11 is 0. The second-order valence-electron chi connectivity index (χ2n) is 7.54. The lowest BCUT2D eigenvalue weighted by atomic mass is 10.1. The molecule has 0 unspecified atom stereocenters. The lowest BCUT2D eigenvalue weighted by molar-refractivity contribution is 0.184. The fraction of sp³-hybridized carbons (Fsp3) is 0.429. The maximum atomic E-state index is 5.49. The average Bonchev–Trinajstić information content (AvgIpc) is 3.55. The van der Waals surface area contributed by atoms with Crippen LogP contribution >= 0.6 is 0 Å². The van der Waals surface area contributed by atoms with Crippen molar-refractivity contribution < 1.29 is 4.74 Å². The summed E-state index contributed by atoms with van der Waals surface area (Å²) in [6.07, 6.45) is 14.8. The Hall–Kier alpha value is -3.00. The summed E-state index contributed by atoms with van der Waals surface area (Å²) in [7, 11) is 0. The molecule has 0 N–H and O–H groups in total. The first-order valence-corrected chi connectivity index (χ1v) is 10.3. The highest BCUT2D eigenvalue weighted by atomic mass is 16.5. The topological polar surface area (TPSA) is 75.1 Å². The van der Waals surface area contributed by atoms with Crippen LogP contribution in [0.2, 0.25) is 0 Å². The number of fused-ring (bicyclic) bond motifs is 1. The molecule has 0 aromatic carbocycles. The van der Waals surface area contributed by atoms with E-state index in [1.165, 1.54) is 0 Å². The average molecular weight is 391 g/mol. The molecular formula is C21H25N7O. The van der Waals surface area contributed by atoms with Gasteiger partial charge >= 0.3 is 0 Å². The summed E-state index contributed by atoms with van der Waals surface area (Å²) in [4.78, 5) is 4.98. The smallest absolute Gasteiger partial charge is 0.0999 e. The second-order valence-corrected chi connectivity index (χ2v) is 7.54. The van der Waals surface area contributed by atoms with Crippen LogP contribution in [0.4, 0.5) is 0 Å². The van der Waals surface area contributed by atoms with Gasteiger partial charge < -0.3 is 4.74 Å². The normalized spacial score (nSPS) is 17.0. The van der Waals surface area contributed by atoms with Crippen molar-refractivity contribution in [2.45, 2.75) is 45.2 Å². The van der Waals surface area contributed by atoms with Gasteiger partial charge in [0.05, 0.1) is 60.4 Å². The molecule has 1 aliphatic rings. The van der Waals surface area contributed by atoms with Crippen LogP contribution in [0, 0.1) is 0 Å². The largest absolute Gasteiger partial charge is 0.379 e. The van der Waals surface area contributed by atoms with Crippen molar-refractivity contribution in [3.05, 3.63) is 43.2 Å². The molecule has 8 nitrogen and oxygen atoms in total. The highest BCUT2D eigenvalue weighted by Gasteiger charge is 2.20. The molecular weight excluding hydrogens is 366 g/mol. The Bertz CT molecular complexity index is 1120. The van der Waals surface area contributed by atoms with Crippen LogP contribution in [0.5, 0.6) is 0 Å². The van der Waals surface area contributed by atoms with Crippen molar-refractivity contribution in [3.63, 3.8) is 0 Å². The molecule has 0 aliphatic carbocycles. The SMILES string of the molecule is CCC(CC)n1cc(-c2nc(-c3cnn([C@@H]4CCOC4)c3)cn3nccc23)cn1. The maximum absolute atomic E-state index is 5.49. The van der Waals surface area contributed by atoms with Gasteiger partial charge in [0.25, 0.3) is 0 Å². The van der Waals surface area contributed by atoms with E-state index >= 15 is 0 Å². The van der Waals surface area contributed by atoms with Crippen LogP contribution in [-0.2, 0) is 4.74 Å². The summed E-state index contributed by atoms with van der Waals surface area (Å²) < 4.78 is 11.4. The number of rotatable bonds is 6. The van der Waals surface area contributed by atoms with Gasteiger partial charge in [0.2, 0.25) is 0 Å². The van der Waals surface area contributed by atoms with Crippen molar-refractivity contribution in [3.8, 4) is 22.5 Å². The van der Waals surface area contributed by atoms with Crippen molar-refractivity contribution in [1.29, 1.82) is 0 Å². The fourth-order valence-electron chi connectivity index (χ4n) is 4.00. The molecule has 0 spiro atoms. The van der Waals surface area contributed by atoms with Crippen LogP contribution in [0.3, 0.4) is 0 Å². The van der Waals surface area contributed by atoms with E-state index < -0.39 is 0 Å². The van der Waals surface area contributed by atoms with Gasteiger partial charge in [-0.05, 0) is 25.3 Å². The van der Waals surface area contributed by atoms with Crippen LogP contribution in [0.25, 0.3) is 28.0 Å². The van der Waals surface area contributed by atoms with Crippen molar-refractivity contribution in [2.75, 3.05) is 13.2 Å². The van der Waals surface area contributed by atoms with E-state index in [0.717, 1.165) is 53.9 Å². The van der Waals surface area contributed by atoms with Gasteiger partial charge in [-0.15, -0.1) is 0 Å². The number of hydrogen-bond acceptors (Lipinski definition) is 5. The van der Waals surface area contributed by atoms with E-state index in [1.807, 2.05) is 33.9 Å². The molecule has 5 rings (SSSR count). The van der Waals surface area contributed by atoms with E-state index in [1.54, 1.807) is 6.20 Å². The fourth-order valence-corrected chi connectivity index (χ4v) is 4.00. The van der Waals surface area contributed by atoms with Crippen molar-refractivity contribution >= 4 is 5.52 Å². The number of ether oxygens (including phenoxy) is 1. The zero-order valence-corrected chi connectivity index (χ0v) is 16.8. The maximum Gasteiger partial charge on any atom is 0.0999 e. The van der Waals surface area contributed by atoms with Crippen molar-refractivity contribution in [2.24, 2.45) is 0 Å². The summed E-state index contributed by atoms with van der Waals surface area (Å²) in [6, 6.07) is 2.69. The molecule has 0 radical (unpaired) electrons. The quantitative estimate of drug-likeness (QED) is 0.500. The van der Waals surface area contributed by atoms with E-state index in [9.17, 15) is 0 Å². The molecule has 4 aromatic heterocycles. The van der Waals surface area contributed by atoms with Crippen LogP contribution in [0.1, 0.15) is 45.2 Å². The molecule has 8 heteroatoms. The Balaban J connectivity index is 1.56. The summed E-state index contributed by atoms with van der Waals surface area (Å²) in [6.45, 7) is 5.89. The Morgan fingerprint density at radius 3 is 2.72 bits per heavy atom. The molecule has 29 heavy (non-hydrogen) atoms. The monoisotopic (exact) mass is 391 g/mol.